The largest absolute Gasteiger partial charge is 0.358 e. The minimum atomic E-state index is 0.621. The molecule has 0 atom stereocenters. The van der Waals surface area contributed by atoms with Crippen molar-refractivity contribution in [3.05, 3.63) is 36.0 Å². The van der Waals surface area contributed by atoms with Crippen LogP contribution in [-0.2, 0) is 11.2 Å². The molecule has 14 heavy (non-hydrogen) atoms. The van der Waals surface area contributed by atoms with E-state index in [-0.39, 0.29) is 0 Å². The Morgan fingerprint density at radius 1 is 1.36 bits per heavy atom. The van der Waals surface area contributed by atoms with E-state index in [9.17, 15) is 4.79 Å². The highest BCUT2D eigenvalue weighted by molar-refractivity contribution is 5.80. The van der Waals surface area contributed by atoms with Crippen LogP contribution >= 0.6 is 0 Å². The van der Waals surface area contributed by atoms with Crippen LogP contribution in [0.15, 0.2) is 30.3 Å². The zero-order valence-electron chi connectivity index (χ0n) is 7.71. The van der Waals surface area contributed by atoms with Gasteiger partial charge in [0.15, 0.2) is 0 Å². The maximum Gasteiger partial charge on any atom is 0.309 e. The van der Waals surface area contributed by atoms with Crippen molar-refractivity contribution in [3.63, 3.8) is 0 Å². The molecular weight excluding hydrogens is 176 g/mol. The Bertz CT molecular complexity index is 401. The van der Waals surface area contributed by atoms with Crippen LogP contribution in [0.5, 0.6) is 0 Å². The van der Waals surface area contributed by atoms with E-state index in [0.29, 0.717) is 6.54 Å². The highest BCUT2D eigenvalue weighted by Gasteiger charge is 1.98. The number of para-hydroxylation sites is 1. The van der Waals surface area contributed by atoms with Crippen LogP contribution < -0.4 is 5.32 Å². The first-order valence-corrected chi connectivity index (χ1v) is 4.57. The fraction of sp³-hybridized carbons (Fsp3) is 0.182. The number of fused-ring (bicyclic) bond motifs is 1. The minimum absolute atomic E-state index is 0.621. The van der Waals surface area contributed by atoms with E-state index < -0.39 is 0 Å². The second-order valence-electron chi connectivity index (χ2n) is 3.16. The Hall–Kier alpha value is -1.77. The van der Waals surface area contributed by atoms with Gasteiger partial charge in [-0.3, -0.25) is 4.79 Å². The van der Waals surface area contributed by atoms with Crippen molar-refractivity contribution in [2.75, 3.05) is 6.54 Å². The quantitative estimate of drug-likeness (QED) is 0.551. The average Bonchev–Trinajstić information content (AvgIpc) is 2.60. The van der Waals surface area contributed by atoms with Crippen molar-refractivity contribution in [2.24, 2.45) is 0 Å². The lowest BCUT2D eigenvalue weighted by molar-refractivity contribution is 0.542. The van der Waals surface area contributed by atoms with Crippen molar-refractivity contribution < 1.29 is 4.79 Å². The van der Waals surface area contributed by atoms with Crippen LogP contribution in [0.4, 0.5) is 0 Å². The SMILES string of the molecule is O=[C]NCCc1cc2ccccc2[nH]1. The lowest BCUT2D eigenvalue weighted by atomic mass is 10.2. The molecule has 3 heteroatoms. The van der Waals surface area contributed by atoms with Crippen LogP contribution in [0, 0.1) is 0 Å². The van der Waals surface area contributed by atoms with Crippen molar-refractivity contribution >= 4 is 17.3 Å². The topological polar surface area (TPSA) is 44.9 Å². The number of amides is 1. The van der Waals surface area contributed by atoms with Gasteiger partial charge in [0, 0.05) is 24.2 Å². The third-order valence-electron chi connectivity index (χ3n) is 2.18. The lowest BCUT2D eigenvalue weighted by Gasteiger charge is -1.94. The summed E-state index contributed by atoms with van der Waals surface area (Å²) in [7, 11) is 0. The average molecular weight is 187 g/mol. The molecule has 1 aromatic heterocycles. The molecule has 1 aromatic carbocycles. The van der Waals surface area contributed by atoms with Gasteiger partial charge in [-0.15, -0.1) is 0 Å². The fourth-order valence-corrected chi connectivity index (χ4v) is 1.52. The molecule has 0 aliphatic rings. The predicted octanol–water partition coefficient (Wildman–Crippen LogP) is 1.37. The third-order valence-corrected chi connectivity index (χ3v) is 2.18. The molecule has 0 aliphatic heterocycles. The Labute approximate surface area is 82.1 Å². The zero-order valence-corrected chi connectivity index (χ0v) is 7.71. The minimum Gasteiger partial charge on any atom is -0.358 e. The number of carbonyl (C=O) groups excluding carboxylic acids is 1. The number of benzene rings is 1. The first-order valence-electron chi connectivity index (χ1n) is 4.57. The smallest absolute Gasteiger partial charge is 0.309 e. The van der Waals surface area contributed by atoms with Gasteiger partial charge >= 0.3 is 6.41 Å². The molecule has 0 fully saturated rings. The number of rotatable bonds is 4. The van der Waals surface area contributed by atoms with E-state index in [2.05, 4.69) is 22.4 Å². The molecule has 1 amide bonds. The summed E-state index contributed by atoms with van der Waals surface area (Å²) in [4.78, 5) is 13.2. The van der Waals surface area contributed by atoms with E-state index >= 15 is 0 Å². The number of hydrogen-bond acceptors (Lipinski definition) is 1. The standard InChI is InChI=1S/C11H11N2O/c14-8-12-6-5-10-7-9-3-1-2-4-11(9)13-10/h1-4,7,13H,5-6H2,(H,12,14). The molecule has 0 spiro atoms. The summed E-state index contributed by atoms with van der Waals surface area (Å²) in [5, 5.41) is 3.72. The molecule has 71 valence electrons. The molecule has 1 radical (unpaired) electrons. The number of hydrogen-bond donors (Lipinski definition) is 2. The van der Waals surface area contributed by atoms with Gasteiger partial charge in [0.2, 0.25) is 0 Å². The highest BCUT2D eigenvalue weighted by atomic mass is 16.1. The van der Waals surface area contributed by atoms with Gasteiger partial charge in [-0.25, -0.2) is 0 Å². The van der Waals surface area contributed by atoms with Crippen LogP contribution in [0.2, 0.25) is 0 Å². The highest BCUT2D eigenvalue weighted by Crippen LogP contribution is 2.14. The summed E-state index contributed by atoms with van der Waals surface area (Å²) in [6.07, 6.45) is 2.47. The molecule has 0 aliphatic carbocycles. The lowest BCUT2D eigenvalue weighted by Crippen LogP contribution is -2.14. The van der Waals surface area contributed by atoms with Crippen molar-refractivity contribution in [1.82, 2.24) is 10.3 Å². The van der Waals surface area contributed by atoms with Crippen LogP contribution in [-0.4, -0.2) is 17.9 Å². The van der Waals surface area contributed by atoms with Crippen molar-refractivity contribution in [3.8, 4) is 0 Å². The monoisotopic (exact) mass is 187 g/mol. The second-order valence-corrected chi connectivity index (χ2v) is 3.16. The van der Waals surface area contributed by atoms with Crippen LogP contribution in [0.3, 0.4) is 0 Å². The van der Waals surface area contributed by atoms with E-state index in [4.69, 9.17) is 0 Å². The second kappa shape index (κ2) is 3.96. The number of nitrogens with one attached hydrogen (secondary N) is 2. The van der Waals surface area contributed by atoms with Crippen molar-refractivity contribution in [1.29, 1.82) is 0 Å². The van der Waals surface area contributed by atoms with Gasteiger partial charge in [-0.1, -0.05) is 18.2 Å². The molecule has 0 bridgehead atoms. The molecule has 0 unspecified atom stereocenters. The summed E-state index contributed by atoms with van der Waals surface area (Å²) in [6, 6.07) is 10.2. The van der Waals surface area contributed by atoms with Gasteiger partial charge in [0.25, 0.3) is 0 Å². The number of H-pyrrole nitrogens is 1. The molecular formula is C11H11N2O. The number of aromatic nitrogens is 1. The Kier molecular flexibility index (Phi) is 2.49. The molecule has 1 heterocycles. The first-order chi connectivity index (χ1) is 6.90. The van der Waals surface area contributed by atoms with Crippen LogP contribution in [0.1, 0.15) is 5.69 Å². The van der Waals surface area contributed by atoms with E-state index in [1.807, 2.05) is 18.2 Å². The molecule has 2 rings (SSSR count). The van der Waals surface area contributed by atoms with Gasteiger partial charge in [0.1, 0.15) is 0 Å². The fourth-order valence-electron chi connectivity index (χ4n) is 1.52. The summed E-state index contributed by atoms with van der Waals surface area (Å²) in [5.74, 6) is 0. The third kappa shape index (κ3) is 1.76. The van der Waals surface area contributed by atoms with E-state index in [0.717, 1.165) is 17.6 Å². The summed E-state index contributed by atoms with van der Waals surface area (Å²) < 4.78 is 0. The van der Waals surface area contributed by atoms with E-state index in [1.165, 1.54) is 5.39 Å². The summed E-state index contributed by atoms with van der Waals surface area (Å²) in [6.45, 7) is 0.621. The summed E-state index contributed by atoms with van der Waals surface area (Å²) in [5.41, 5.74) is 2.27. The maximum atomic E-state index is 9.92. The molecule has 0 saturated heterocycles. The normalized spacial score (nSPS) is 10.3. The van der Waals surface area contributed by atoms with Gasteiger partial charge in [0.05, 0.1) is 0 Å². The summed E-state index contributed by atoms with van der Waals surface area (Å²) >= 11 is 0. The van der Waals surface area contributed by atoms with Crippen LogP contribution in [0.25, 0.3) is 10.9 Å². The molecule has 3 nitrogen and oxygen atoms in total. The molecule has 0 saturated carbocycles. The van der Waals surface area contributed by atoms with Gasteiger partial charge in [-0.05, 0) is 17.5 Å². The zero-order chi connectivity index (χ0) is 9.80. The Morgan fingerprint density at radius 3 is 3.00 bits per heavy atom. The molecule has 2 N–H and O–H groups in total. The maximum absolute atomic E-state index is 9.92. The van der Waals surface area contributed by atoms with E-state index in [1.54, 1.807) is 6.41 Å². The Morgan fingerprint density at radius 2 is 2.21 bits per heavy atom. The predicted molar refractivity (Wildman–Crippen MR) is 55.7 cm³/mol. The van der Waals surface area contributed by atoms with Crippen molar-refractivity contribution in [2.45, 2.75) is 6.42 Å². The first kappa shape index (κ1) is 8.81. The van der Waals surface area contributed by atoms with Gasteiger partial charge < -0.3 is 10.3 Å². The number of aromatic amines is 1. The molecule has 2 aromatic rings. The Balaban J connectivity index is 2.14. The van der Waals surface area contributed by atoms with Gasteiger partial charge in [-0.2, -0.15) is 0 Å².